The molecule has 0 bridgehead atoms. The lowest BCUT2D eigenvalue weighted by atomic mass is 10.1. The highest BCUT2D eigenvalue weighted by Crippen LogP contribution is 2.22. The van der Waals surface area contributed by atoms with Crippen LogP contribution >= 0.6 is 0 Å². The summed E-state index contributed by atoms with van der Waals surface area (Å²) in [5.74, 6) is -0.00804. The Kier molecular flexibility index (Phi) is 5.82. The second kappa shape index (κ2) is 8.10. The molecule has 1 amide bonds. The zero-order valence-electron chi connectivity index (χ0n) is 15.7. The number of carbonyl (C=O) groups is 1. The molecule has 0 aromatic heterocycles. The van der Waals surface area contributed by atoms with Gasteiger partial charge in [-0.2, -0.15) is 0 Å². The number of sulfonamides is 1. The smallest absolute Gasteiger partial charge is 0.261 e. The first kappa shape index (κ1) is 19.4. The summed E-state index contributed by atoms with van der Waals surface area (Å²) in [6.45, 7) is 8.12. The molecule has 0 spiro atoms. The van der Waals surface area contributed by atoms with Crippen LogP contribution in [-0.4, -0.2) is 56.8 Å². The average Bonchev–Trinajstić information content (AvgIpc) is 2.69. The van der Waals surface area contributed by atoms with Crippen LogP contribution in [0.2, 0.25) is 0 Å². The van der Waals surface area contributed by atoms with Crippen LogP contribution in [0.1, 0.15) is 22.8 Å². The van der Waals surface area contributed by atoms with E-state index >= 15 is 0 Å². The highest BCUT2D eigenvalue weighted by molar-refractivity contribution is 7.92. The van der Waals surface area contributed by atoms with E-state index in [9.17, 15) is 13.2 Å². The van der Waals surface area contributed by atoms with Gasteiger partial charge in [0.25, 0.3) is 15.9 Å². The molecular formula is C20H25N3O3S. The van der Waals surface area contributed by atoms with Crippen molar-refractivity contribution in [1.29, 1.82) is 0 Å². The van der Waals surface area contributed by atoms with Crippen LogP contribution in [0.4, 0.5) is 5.69 Å². The van der Waals surface area contributed by atoms with Gasteiger partial charge in [0.05, 0.1) is 10.6 Å². The maximum atomic E-state index is 12.7. The first-order valence-corrected chi connectivity index (χ1v) is 10.6. The van der Waals surface area contributed by atoms with Gasteiger partial charge >= 0.3 is 0 Å². The topological polar surface area (TPSA) is 69.7 Å². The molecule has 3 rings (SSSR count). The maximum Gasteiger partial charge on any atom is 0.261 e. The number of anilines is 1. The minimum atomic E-state index is -3.65. The van der Waals surface area contributed by atoms with Gasteiger partial charge in [-0.3, -0.25) is 9.52 Å². The molecule has 1 fully saturated rings. The number of benzene rings is 2. The van der Waals surface area contributed by atoms with E-state index in [-0.39, 0.29) is 10.8 Å². The van der Waals surface area contributed by atoms with Crippen molar-refractivity contribution in [1.82, 2.24) is 9.80 Å². The van der Waals surface area contributed by atoms with Gasteiger partial charge in [-0.15, -0.1) is 0 Å². The Bertz CT molecular complexity index is 905. The van der Waals surface area contributed by atoms with Crippen molar-refractivity contribution in [3.05, 3.63) is 59.7 Å². The maximum absolute atomic E-state index is 12.7. The Morgan fingerprint density at radius 1 is 1.04 bits per heavy atom. The monoisotopic (exact) mass is 387 g/mol. The quantitative estimate of drug-likeness (QED) is 0.856. The van der Waals surface area contributed by atoms with Gasteiger partial charge in [-0.1, -0.05) is 25.1 Å². The summed E-state index contributed by atoms with van der Waals surface area (Å²) < 4.78 is 27.6. The summed E-state index contributed by atoms with van der Waals surface area (Å²) >= 11 is 0. The fourth-order valence-electron chi connectivity index (χ4n) is 3.16. The fourth-order valence-corrected chi connectivity index (χ4v) is 4.32. The lowest BCUT2D eigenvalue weighted by molar-refractivity contribution is 0.0643. The second-order valence-corrected chi connectivity index (χ2v) is 8.36. The zero-order valence-corrected chi connectivity index (χ0v) is 16.5. The third-order valence-corrected chi connectivity index (χ3v) is 6.26. The van der Waals surface area contributed by atoms with Gasteiger partial charge in [-0.05, 0) is 49.4 Å². The van der Waals surface area contributed by atoms with Gasteiger partial charge in [0.1, 0.15) is 0 Å². The number of hydrogen-bond acceptors (Lipinski definition) is 4. The van der Waals surface area contributed by atoms with Gasteiger partial charge in [0.2, 0.25) is 0 Å². The predicted octanol–water partition coefficient (Wildman–Crippen LogP) is 2.57. The number of carbonyl (C=O) groups excluding carboxylic acids is 1. The summed E-state index contributed by atoms with van der Waals surface area (Å²) in [6.07, 6.45) is 0. The van der Waals surface area contributed by atoms with Crippen LogP contribution in [0, 0.1) is 6.92 Å². The summed E-state index contributed by atoms with van der Waals surface area (Å²) in [6, 6.07) is 13.3. The molecule has 6 nitrogen and oxygen atoms in total. The molecule has 27 heavy (non-hydrogen) atoms. The number of amides is 1. The molecule has 7 heteroatoms. The third-order valence-electron chi connectivity index (χ3n) is 4.88. The molecule has 1 heterocycles. The number of hydrogen-bond donors (Lipinski definition) is 1. The molecule has 0 saturated carbocycles. The van der Waals surface area contributed by atoms with Crippen molar-refractivity contribution in [2.75, 3.05) is 37.4 Å². The van der Waals surface area contributed by atoms with Crippen LogP contribution in [0.3, 0.4) is 0 Å². The van der Waals surface area contributed by atoms with E-state index in [0.717, 1.165) is 19.6 Å². The molecule has 2 aromatic carbocycles. The van der Waals surface area contributed by atoms with E-state index in [1.807, 2.05) is 4.90 Å². The molecule has 0 radical (unpaired) electrons. The van der Waals surface area contributed by atoms with E-state index in [4.69, 9.17) is 0 Å². The van der Waals surface area contributed by atoms with E-state index in [0.29, 0.717) is 29.9 Å². The molecule has 144 valence electrons. The number of likely N-dealkylation sites (N-methyl/N-ethyl adjacent to an activating group) is 1. The molecule has 0 aliphatic carbocycles. The van der Waals surface area contributed by atoms with Gasteiger partial charge in [-0.25, -0.2) is 8.42 Å². The SMILES string of the molecule is CCN1CCN(C(=O)c2ccc(NS(=O)(=O)c3ccccc3)c(C)c2)CC1. The Morgan fingerprint density at radius 2 is 1.70 bits per heavy atom. The average molecular weight is 388 g/mol. The summed E-state index contributed by atoms with van der Waals surface area (Å²) in [5, 5.41) is 0. The Labute approximate surface area is 160 Å². The number of aryl methyl sites for hydroxylation is 1. The van der Waals surface area contributed by atoms with Crippen molar-refractivity contribution in [3.63, 3.8) is 0 Å². The van der Waals surface area contributed by atoms with Crippen molar-refractivity contribution in [2.45, 2.75) is 18.7 Å². The second-order valence-electron chi connectivity index (χ2n) is 6.67. The van der Waals surface area contributed by atoms with Crippen LogP contribution in [0.5, 0.6) is 0 Å². The Morgan fingerprint density at radius 3 is 2.30 bits per heavy atom. The van der Waals surface area contributed by atoms with Gasteiger partial charge in [0, 0.05) is 31.7 Å². The highest BCUT2D eigenvalue weighted by atomic mass is 32.2. The fraction of sp³-hybridized carbons (Fsp3) is 0.350. The van der Waals surface area contributed by atoms with Crippen LogP contribution in [-0.2, 0) is 10.0 Å². The summed E-state index contributed by atoms with van der Waals surface area (Å²) in [7, 11) is -3.65. The first-order chi connectivity index (χ1) is 12.9. The summed E-state index contributed by atoms with van der Waals surface area (Å²) in [4.78, 5) is 17.1. The van der Waals surface area contributed by atoms with Crippen molar-refractivity contribution < 1.29 is 13.2 Å². The third kappa shape index (κ3) is 4.48. The summed E-state index contributed by atoms with van der Waals surface area (Å²) in [5.41, 5.74) is 1.78. The molecular weight excluding hydrogens is 362 g/mol. The molecule has 1 aliphatic heterocycles. The number of rotatable bonds is 5. The standard InChI is InChI=1S/C20H25N3O3S/c1-3-22-11-13-23(14-12-22)20(24)17-9-10-19(16(2)15-17)21-27(25,26)18-7-5-4-6-8-18/h4-10,15,21H,3,11-14H2,1-2H3. The highest BCUT2D eigenvalue weighted by Gasteiger charge is 2.22. The lowest BCUT2D eigenvalue weighted by Gasteiger charge is -2.34. The van der Waals surface area contributed by atoms with Crippen LogP contribution in [0.25, 0.3) is 0 Å². The predicted molar refractivity (Wildman–Crippen MR) is 106 cm³/mol. The largest absolute Gasteiger partial charge is 0.336 e. The molecule has 1 aliphatic rings. The lowest BCUT2D eigenvalue weighted by Crippen LogP contribution is -2.48. The minimum absolute atomic E-state index is 0.00804. The Hall–Kier alpha value is -2.38. The molecule has 1 N–H and O–H groups in total. The Balaban J connectivity index is 1.73. The van der Waals surface area contributed by atoms with Crippen molar-refractivity contribution in [2.24, 2.45) is 0 Å². The van der Waals surface area contributed by atoms with E-state index in [1.165, 1.54) is 0 Å². The normalized spacial score (nSPS) is 15.6. The molecule has 2 aromatic rings. The minimum Gasteiger partial charge on any atom is -0.336 e. The molecule has 0 atom stereocenters. The van der Waals surface area contributed by atoms with Crippen molar-refractivity contribution >= 4 is 21.6 Å². The van der Waals surface area contributed by atoms with E-state index in [1.54, 1.807) is 55.5 Å². The first-order valence-electron chi connectivity index (χ1n) is 9.11. The number of piperazine rings is 1. The van der Waals surface area contributed by atoms with E-state index in [2.05, 4.69) is 16.5 Å². The number of nitrogens with zero attached hydrogens (tertiary/aromatic N) is 2. The van der Waals surface area contributed by atoms with Gasteiger partial charge in [0.15, 0.2) is 0 Å². The van der Waals surface area contributed by atoms with Crippen molar-refractivity contribution in [3.8, 4) is 0 Å². The number of nitrogens with one attached hydrogen (secondary N) is 1. The van der Waals surface area contributed by atoms with Gasteiger partial charge < -0.3 is 9.80 Å². The van der Waals surface area contributed by atoms with Crippen LogP contribution < -0.4 is 4.72 Å². The molecule has 1 saturated heterocycles. The van der Waals surface area contributed by atoms with E-state index < -0.39 is 10.0 Å². The van der Waals surface area contributed by atoms with Crippen LogP contribution in [0.15, 0.2) is 53.4 Å². The zero-order chi connectivity index (χ0) is 19.4. The molecule has 0 unspecified atom stereocenters.